The fraction of sp³-hybridized carbons (Fsp3) is 0.150. The van der Waals surface area contributed by atoms with Crippen LogP contribution in [0, 0.1) is 0 Å². The minimum absolute atomic E-state index is 0.528. The number of benzene rings is 2. The number of hydrogen-bond donors (Lipinski definition) is 0. The SMILES string of the molecule is COc1cc(-n2nncc2-c2ccc3cccnc3c2)cc(OC)c1OC. The molecule has 0 unspecified atom stereocenters. The molecule has 27 heavy (non-hydrogen) atoms. The summed E-state index contributed by atoms with van der Waals surface area (Å²) in [5.41, 5.74) is 3.45. The highest BCUT2D eigenvalue weighted by Gasteiger charge is 2.17. The number of rotatable bonds is 5. The summed E-state index contributed by atoms with van der Waals surface area (Å²) in [6.45, 7) is 0. The van der Waals surface area contributed by atoms with Crippen LogP contribution >= 0.6 is 0 Å². The van der Waals surface area contributed by atoms with E-state index in [0.717, 1.165) is 27.8 Å². The summed E-state index contributed by atoms with van der Waals surface area (Å²) in [5.74, 6) is 1.63. The molecule has 0 atom stereocenters. The first-order valence-corrected chi connectivity index (χ1v) is 8.31. The van der Waals surface area contributed by atoms with Crippen molar-refractivity contribution in [2.24, 2.45) is 0 Å². The van der Waals surface area contributed by atoms with Crippen molar-refractivity contribution >= 4 is 10.9 Å². The lowest BCUT2D eigenvalue weighted by Crippen LogP contribution is -2.02. The quantitative estimate of drug-likeness (QED) is 0.541. The minimum Gasteiger partial charge on any atom is -0.493 e. The summed E-state index contributed by atoms with van der Waals surface area (Å²) in [4.78, 5) is 4.42. The highest BCUT2D eigenvalue weighted by molar-refractivity contribution is 5.83. The van der Waals surface area contributed by atoms with E-state index in [9.17, 15) is 0 Å². The van der Waals surface area contributed by atoms with E-state index in [2.05, 4.69) is 15.3 Å². The van der Waals surface area contributed by atoms with Crippen molar-refractivity contribution < 1.29 is 14.2 Å². The molecule has 0 N–H and O–H groups in total. The maximum Gasteiger partial charge on any atom is 0.203 e. The van der Waals surface area contributed by atoms with Gasteiger partial charge in [0.1, 0.15) is 0 Å². The molecule has 136 valence electrons. The van der Waals surface area contributed by atoms with E-state index >= 15 is 0 Å². The molecule has 0 saturated heterocycles. The van der Waals surface area contributed by atoms with Crippen LogP contribution in [0.4, 0.5) is 0 Å². The third-order valence-corrected chi connectivity index (χ3v) is 4.35. The van der Waals surface area contributed by atoms with Gasteiger partial charge in [-0.2, -0.15) is 0 Å². The van der Waals surface area contributed by atoms with Gasteiger partial charge in [-0.1, -0.05) is 23.4 Å². The predicted molar refractivity (Wildman–Crippen MR) is 102 cm³/mol. The first-order valence-electron chi connectivity index (χ1n) is 8.31. The van der Waals surface area contributed by atoms with Crippen LogP contribution < -0.4 is 14.2 Å². The molecule has 0 bridgehead atoms. The van der Waals surface area contributed by atoms with E-state index in [1.54, 1.807) is 38.4 Å². The van der Waals surface area contributed by atoms with Crippen LogP contribution in [0.25, 0.3) is 27.8 Å². The predicted octanol–water partition coefficient (Wildman–Crippen LogP) is 3.51. The van der Waals surface area contributed by atoms with Gasteiger partial charge in [0.15, 0.2) is 11.5 Å². The fourth-order valence-electron chi connectivity index (χ4n) is 3.04. The van der Waals surface area contributed by atoms with Gasteiger partial charge in [0.05, 0.1) is 44.4 Å². The van der Waals surface area contributed by atoms with E-state index in [-0.39, 0.29) is 0 Å². The lowest BCUT2D eigenvalue weighted by molar-refractivity contribution is 0.324. The second-order valence-electron chi connectivity index (χ2n) is 5.83. The van der Waals surface area contributed by atoms with E-state index in [1.165, 1.54) is 0 Å². The Bertz CT molecular complexity index is 1080. The van der Waals surface area contributed by atoms with Crippen molar-refractivity contribution in [3.05, 3.63) is 54.9 Å². The lowest BCUT2D eigenvalue weighted by atomic mass is 10.1. The largest absolute Gasteiger partial charge is 0.493 e. The van der Waals surface area contributed by atoms with E-state index in [1.807, 2.05) is 42.5 Å². The molecular formula is C20H18N4O3. The number of methoxy groups -OCH3 is 3. The summed E-state index contributed by atoms with van der Waals surface area (Å²) in [5, 5.41) is 9.41. The molecule has 0 saturated carbocycles. The molecule has 4 rings (SSSR count). The van der Waals surface area contributed by atoms with Crippen molar-refractivity contribution in [3.63, 3.8) is 0 Å². The Morgan fingerprint density at radius 3 is 2.37 bits per heavy atom. The molecule has 7 nitrogen and oxygen atoms in total. The zero-order valence-corrected chi connectivity index (χ0v) is 15.2. The van der Waals surface area contributed by atoms with Crippen molar-refractivity contribution in [1.82, 2.24) is 20.0 Å². The number of fused-ring (bicyclic) bond motifs is 1. The monoisotopic (exact) mass is 362 g/mol. The molecule has 4 aromatic rings. The van der Waals surface area contributed by atoms with Gasteiger partial charge >= 0.3 is 0 Å². The van der Waals surface area contributed by atoms with Crippen LogP contribution in [0.15, 0.2) is 54.9 Å². The van der Waals surface area contributed by atoms with Crippen molar-refractivity contribution in [2.45, 2.75) is 0 Å². The number of ether oxygens (including phenoxy) is 3. The number of hydrogen-bond acceptors (Lipinski definition) is 6. The fourth-order valence-corrected chi connectivity index (χ4v) is 3.04. The number of nitrogens with zero attached hydrogens (tertiary/aromatic N) is 4. The topological polar surface area (TPSA) is 71.3 Å². The van der Waals surface area contributed by atoms with Gasteiger partial charge in [-0.15, -0.1) is 5.10 Å². The van der Waals surface area contributed by atoms with Crippen LogP contribution in [-0.2, 0) is 0 Å². The Hall–Kier alpha value is -3.61. The lowest BCUT2D eigenvalue weighted by Gasteiger charge is -2.15. The number of aromatic nitrogens is 4. The smallest absolute Gasteiger partial charge is 0.203 e. The molecule has 0 radical (unpaired) electrons. The third-order valence-electron chi connectivity index (χ3n) is 4.35. The van der Waals surface area contributed by atoms with Crippen LogP contribution in [0.3, 0.4) is 0 Å². The zero-order chi connectivity index (χ0) is 18.8. The van der Waals surface area contributed by atoms with Crippen molar-refractivity contribution in [2.75, 3.05) is 21.3 Å². The van der Waals surface area contributed by atoms with Gasteiger partial charge in [0.25, 0.3) is 0 Å². The minimum atomic E-state index is 0.528. The average Bonchev–Trinajstić information content (AvgIpc) is 3.22. The Kier molecular flexibility index (Phi) is 4.33. The molecule has 0 aliphatic heterocycles. The first-order chi connectivity index (χ1) is 13.2. The van der Waals surface area contributed by atoms with Crippen LogP contribution in [0.1, 0.15) is 0 Å². The van der Waals surface area contributed by atoms with Gasteiger partial charge in [0.2, 0.25) is 5.75 Å². The molecule has 2 aromatic heterocycles. The molecule has 2 aromatic carbocycles. The van der Waals surface area contributed by atoms with Crippen LogP contribution in [-0.4, -0.2) is 41.3 Å². The highest BCUT2D eigenvalue weighted by Crippen LogP contribution is 2.39. The van der Waals surface area contributed by atoms with E-state index in [0.29, 0.717) is 17.2 Å². The summed E-state index contributed by atoms with van der Waals surface area (Å²) < 4.78 is 18.0. The maximum atomic E-state index is 5.44. The normalized spacial score (nSPS) is 10.8. The van der Waals surface area contributed by atoms with Gasteiger partial charge in [-0.3, -0.25) is 4.98 Å². The van der Waals surface area contributed by atoms with Crippen molar-refractivity contribution in [1.29, 1.82) is 0 Å². The standard InChI is InChI=1S/C20H18N4O3/c1-25-18-10-15(11-19(26-2)20(18)27-3)24-17(12-22-23-24)14-7-6-13-5-4-8-21-16(13)9-14/h4-12H,1-3H3. The molecule has 2 heterocycles. The second kappa shape index (κ2) is 6.95. The molecule has 0 aliphatic rings. The first kappa shape index (κ1) is 16.8. The van der Waals surface area contributed by atoms with Gasteiger partial charge in [0, 0.05) is 29.3 Å². The molecule has 0 aliphatic carbocycles. The Labute approximate surface area is 156 Å². The van der Waals surface area contributed by atoms with E-state index < -0.39 is 0 Å². The molecule has 0 fully saturated rings. The highest BCUT2D eigenvalue weighted by atomic mass is 16.5. The Morgan fingerprint density at radius 2 is 1.67 bits per heavy atom. The summed E-state index contributed by atoms with van der Waals surface area (Å²) in [6.07, 6.45) is 3.49. The van der Waals surface area contributed by atoms with Gasteiger partial charge in [-0.05, 0) is 12.1 Å². The van der Waals surface area contributed by atoms with Crippen LogP contribution in [0.5, 0.6) is 17.2 Å². The summed E-state index contributed by atoms with van der Waals surface area (Å²) in [6, 6.07) is 13.7. The Morgan fingerprint density at radius 1 is 0.889 bits per heavy atom. The summed E-state index contributed by atoms with van der Waals surface area (Å²) in [7, 11) is 4.74. The number of pyridine rings is 1. The van der Waals surface area contributed by atoms with Gasteiger partial charge in [-0.25, -0.2) is 4.68 Å². The van der Waals surface area contributed by atoms with E-state index in [4.69, 9.17) is 14.2 Å². The molecule has 0 amide bonds. The molecule has 7 heteroatoms. The second-order valence-corrected chi connectivity index (χ2v) is 5.83. The van der Waals surface area contributed by atoms with Crippen LogP contribution in [0.2, 0.25) is 0 Å². The molecule has 0 spiro atoms. The molecular weight excluding hydrogens is 344 g/mol. The van der Waals surface area contributed by atoms with Gasteiger partial charge < -0.3 is 14.2 Å². The zero-order valence-electron chi connectivity index (χ0n) is 15.2. The maximum absolute atomic E-state index is 5.44. The summed E-state index contributed by atoms with van der Waals surface area (Å²) >= 11 is 0. The Balaban J connectivity index is 1.86. The van der Waals surface area contributed by atoms with Crippen molar-refractivity contribution in [3.8, 4) is 34.2 Å². The average molecular weight is 362 g/mol. The third kappa shape index (κ3) is 2.93.